The summed E-state index contributed by atoms with van der Waals surface area (Å²) in [5.74, 6) is 6.95. The van der Waals surface area contributed by atoms with Crippen LogP contribution >= 0.6 is 0 Å². The second kappa shape index (κ2) is 10.8. The SMILES string of the molecule is [C-]#[N+]c1ccc(OCC(=O)N2CCC(C#Cc3cnccn3)CC2)c(-c2ccc(C#N)cc2)c1. The fourth-order valence-electron chi connectivity index (χ4n) is 3.71. The van der Waals surface area contributed by atoms with Gasteiger partial charge in [0.15, 0.2) is 12.3 Å². The van der Waals surface area contributed by atoms with Crippen LogP contribution in [0.25, 0.3) is 16.0 Å². The van der Waals surface area contributed by atoms with E-state index in [1.165, 1.54) is 0 Å². The summed E-state index contributed by atoms with van der Waals surface area (Å²) in [5, 5.41) is 9.03. The fourth-order valence-corrected chi connectivity index (χ4v) is 3.71. The van der Waals surface area contributed by atoms with Gasteiger partial charge >= 0.3 is 0 Å². The highest BCUT2D eigenvalue weighted by atomic mass is 16.5. The fraction of sp³-hybridized carbons (Fsp3) is 0.222. The van der Waals surface area contributed by atoms with Gasteiger partial charge in [0.25, 0.3) is 5.91 Å². The summed E-state index contributed by atoms with van der Waals surface area (Å²) < 4.78 is 5.89. The molecule has 0 bridgehead atoms. The molecule has 1 aromatic heterocycles. The van der Waals surface area contributed by atoms with E-state index >= 15 is 0 Å². The Balaban J connectivity index is 1.37. The first-order valence-electron chi connectivity index (χ1n) is 10.9. The van der Waals surface area contributed by atoms with Crippen LogP contribution in [0.5, 0.6) is 5.75 Å². The van der Waals surface area contributed by atoms with Crippen LogP contribution in [0.2, 0.25) is 0 Å². The summed E-state index contributed by atoms with van der Waals surface area (Å²) in [6.07, 6.45) is 6.47. The van der Waals surface area contributed by atoms with Crippen molar-refractivity contribution in [3.8, 4) is 34.8 Å². The minimum atomic E-state index is -0.0867. The highest BCUT2D eigenvalue weighted by Crippen LogP contribution is 2.34. The molecular formula is C27H21N5O2. The van der Waals surface area contributed by atoms with Crippen molar-refractivity contribution in [1.82, 2.24) is 14.9 Å². The minimum absolute atomic E-state index is 0.0830. The second-order valence-electron chi connectivity index (χ2n) is 7.79. The number of piperidine rings is 1. The van der Waals surface area contributed by atoms with Crippen LogP contribution in [0.3, 0.4) is 0 Å². The topological polar surface area (TPSA) is 83.5 Å². The van der Waals surface area contributed by atoms with Gasteiger partial charge in [-0.2, -0.15) is 5.26 Å². The van der Waals surface area contributed by atoms with Gasteiger partial charge in [0.05, 0.1) is 24.4 Å². The van der Waals surface area contributed by atoms with Crippen LogP contribution < -0.4 is 4.74 Å². The van der Waals surface area contributed by atoms with Gasteiger partial charge in [-0.25, -0.2) is 9.83 Å². The van der Waals surface area contributed by atoms with Crippen molar-refractivity contribution in [1.29, 1.82) is 5.26 Å². The molecule has 0 spiro atoms. The number of ether oxygens (including phenoxy) is 1. The van der Waals surface area contributed by atoms with Gasteiger partial charge in [-0.1, -0.05) is 24.1 Å². The molecule has 4 rings (SSSR count). The molecule has 1 fully saturated rings. The van der Waals surface area contributed by atoms with Crippen molar-refractivity contribution in [3.05, 3.63) is 83.7 Å². The molecular weight excluding hydrogens is 426 g/mol. The Hall–Kier alpha value is -4.67. The Labute approximate surface area is 198 Å². The molecule has 166 valence electrons. The van der Waals surface area contributed by atoms with Crippen molar-refractivity contribution in [2.75, 3.05) is 19.7 Å². The Morgan fingerprint density at radius 1 is 1.18 bits per heavy atom. The lowest BCUT2D eigenvalue weighted by Crippen LogP contribution is -2.40. The van der Waals surface area contributed by atoms with Crippen LogP contribution in [-0.2, 0) is 4.79 Å². The number of likely N-dealkylation sites (tertiary alicyclic amines) is 1. The lowest BCUT2D eigenvalue weighted by atomic mass is 9.97. The van der Waals surface area contributed by atoms with E-state index in [0.29, 0.717) is 41.3 Å². The Morgan fingerprint density at radius 2 is 1.97 bits per heavy atom. The summed E-state index contributed by atoms with van der Waals surface area (Å²) in [7, 11) is 0. The molecule has 0 radical (unpaired) electrons. The van der Waals surface area contributed by atoms with E-state index < -0.39 is 0 Å². The predicted molar refractivity (Wildman–Crippen MR) is 127 cm³/mol. The first-order chi connectivity index (χ1) is 16.7. The lowest BCUT2D eigenvalue weighted by Gasteiger charge is -2.29. The maximum absolute atomic E-state index is 12.8. The van der Waals surface area contributed by atoms with Crippen LogP contribution in [0.4, 0.5) is 5.69 Å². The van der Waals surface area contributed by atoms with Crippen molar-refractivity contribution in [2.45, 2.75) is 12.8 Å². The number of amides is 1. The third kappa shape index (κ3) is 5.57. The first kappa shape index (κ1) is 22.5. The van der Waals surface area contributed by atoms with E-state index in [9.17, 15) is 4.79 Å². The quantitative estimate of drug-likeness (QED) is 0.441. The summed E-state index contributed by atoms with van der Waals surface area (Å²) in [6.45, 7) is 8.47. The number of rotatable bonds is 4. The third-order valence-corrected chi connectivity index (χ3v) is 5.58. The first-order valence-corrected chi connectivity index (χ1v) is 10.9. The average molecular weight is 447 g/mol. The maximum atomic E-state index is 12.8. The van der Waals surface area contributed by atoms with E-state index in [2.05, 4.69) is 32.7 Å². The normalized spacial score (nSPS) is 13.2. The number of carbonyl (C=O) groups excluding carboxylic acids is 1. The monoisotopic (exact) mass is 447 g/mol. The van der Waals surface area contributed by atoms with Gasteiger partial charge in [0.1, 0.15) is 11.4 Å². The molecule has 1 aliphatic rings. The van der Waals surface area contributed by atoms with Crippen molar-refractivity contribution >= 4 is 11.6 Å². The summed E-state index contributed by atoms with van der Waals surface area (Å²) in [6, 6.07) is 14.3. The number of nitriles is 1. The van der Waals surface area contributed by atoms with E-state index in [0.717, 1.165) is 18.4 Å². The maximum Gasteiger partial charge on any atom is 0.260 e. The summed E-state index contributed by atoms with van der Waals surface area (Å²) in [4.78, 5) is 26.2. The zero-order chi connectivity index (χ0) is 23.8. The highest BCUT2D eigenvalue weighted by Gasteiger charge is 2.22. The number of hydrogen-bond donors (Lipinski definition) is 0. The van der Waals surface area contributed by atoms with Crippen molar-refractivity contribution in [2.24, 2.45) is 5.92 Å². The van der Waals surface area contributed by atoms with Gasteiger partial charge in [-0.05, 0) is 48.6 Å². The smallest absolute Gasteiger partial charge is 0.260 e. The minimum Gasteiger partial charge on any atom is -0.483 e. The number of carbonyl (C=O) groups is 1. The number of hydrogen-bond acceptors (Lipinski definition) is 5. The summed E-state index contributed by atoms with van der Waals surface area (Å²) in [5.41, 5.74) is 3.20. The standard InChI is InChI=1S/C27H21N5O2/c1-29-23-8-9-26(25(16-23)22-5-2-21(17-28)3-6-22)34-19-27(33)32-14-10-20(11-15-32)4-7-24-18-30-12-13-31-24/h2-3,5-6,8-9,12-13,16,18,20H,10-11,14-15,19H2. The number of benzene rings is 2. The molecule has 3 aromatic rings. The van der Waals surface area contributed by atoms with Gasteiger partial charge < -0.3 is 9.64 Å². The van der Waals surface area contributed by atoms with Gasteiger partial charge in [-0.15, -0.1) is 0 Å². The largest absolute Gasteiger partial charge is 0.483 e. The Bertz CT molecular complexity index is 1300. The molecule has 1 amide bonds. The van der Waals surface area contributed by atoms with Crippen molar-refractivity contribution in [3.63, 3.8) is 0 Å². The predicted octanol–water partition coefficient (Wildman–Crippen LogP) is 4.24. The van der Waals surface area contributed by atoms with Crippen LogP contribution in [0, 0.1) is 35.7 Å². The van der Waals surface area contributed by atoms with Gasteiger partial charge in [-0.3, -0.25) is 9.78 Å². The number of nitrogens with zero attached hydrogens (tertiary/aromatic N) is 5. The molecule has 0 saturated carbocycles. The zero-order valence-electron chi connectivity index (χ0n) is 18.4. The molecule has 0 N–H and O–H groups in total. The molecule has 2 heterocycles. The van der Waals surface area contributed by atoms with E-state index in [1.807, 2.05) is 12.1 Å². The molecule has 7 nitrogen and oxygen atoms in total. The molecule has 34 heavy (non-hydrogen) atoms. The highest BCUT2D eigenvalue weighted by molar-refractivity contribution is 5.79. The number of aromatic nitrogens is 2. The molecule has 7 heteroatoms. The second-order valence-corrected chi connectivity index (χ2v) is 7.79. The van der Waals surface area contributed by atoms with E-state index in [1.54, 1.807) is 53.8 Å². The molecule has 1 aliphatic heterocycles. The van der Waals surface area contributed by atoms with Gasteiger partial charge in [0, 0.05) is 37.0 Å². The zero-order valence-corrected chi connectivity index (χ0v) is 18.4. The van der Waals surface area contributed by atoms with Crippen LogP contribution in [0.1, 0.15) is 24.1 Å². The molecule has 2 aromatic carbocycles. The average Bonchev–Trinajstić information content (AvgIpc) is 2.91. The van der Waals surface area contributed by atoms with Crippen LogP contribution in [0.15, 0.2) is 61.1 Å². The molecule has 0 unspecified atom stereocenters. The van der Waals surface area contributed by atoms with Crippen molar-refractivity contribution < 1.29 is 9.53 Å². The Morgan fingerprint density at radius 3 is 2.65 bits per heavy atom. The lowest BCUT2D eigenvalue weighted by molar-refractivity contribution is -0.134. The molecule has 0 aliphatic carbocycles. The molecule has 1 saturated heterocycles. The molecule has 0 atom stereocenters. The van der Waals surface area contributed by atoms with Gasteiger partial charge in [0.2, 0.25) is 0 Å². The van der Waals surface area contributed by atoms with Crippen LogP contribution in [-0.4, -0.2) is 40.5 Å². The van der Waals surface area contributed by atoms with E-state index in [4.69, 9.17) is 16.6 Å². The Kier molecular flexibility index (Phi) is 7.13. The van der Waals surface area contributed by atoms with E-state index in [-0.39, 0.29) is 18.4 Å². The third-order valence-electron chi connectivity index (χ3n) is 5.58. The summed E-state index contributed by atoms with van der Waals surface area (Å²) >= 11 is 0.